The van der Waals surface area contributed by atoms with Crippen LogP contribution in [0, 0.1) is 0 Å². The topological polar surface area (TPSA) is 78.9 Å². The van der Waals surface area contributed by atoms with Gasteiger partial charge in [0.1, 0.15) is 11.4 Å². The number of anilines is 1. The summed E-state index contributed by atoms with van der Waals surface area (Å²) < 4.78 is 4.55. The van der Waals surface area contributed by atoms with Gasteiger partial charge in [-0.15, -0.1) is 0 Å². The van der Waals surface area contributed by atoms with Crippen molar-refractivity contribution in [3.63, 3.8) is 0 Å². The van der Waals surface area contributed by atoms with Crippen LogP contribution in [0.1, 0.15) is 12.0 Å². The molecule has 20 heavy (non-hydrogen) atoms. The minimum absolute atomic E-state index is 0.0197. The molecule has 0 aromatic heterocycles. The number of ether oxygens (including phenoxy) is 1. The van der Waals surface area contributed by atoms with Gasteiger partial charge in [-0.1, -0.05) is 0 Å². The lowest BCUT2D eigenvalue weighted by Crippen LogP contribution is -2.27. The van der Waals surface area contributed by atoms with E-state index in [1.165, 1.54) is 18.1 Å². The number of nitrogens with zero attached hydrogens (tertiary/aromatic N) is 1. The van der Waals surface area contributed by atoms with Crippen molar-refractivity contribution in [2.24, 2.45) is 0 Å². The Balaban J connectivity index is 2.32. The highest BCUT2D eigenvalue weighted by atomic mass is 16.5. The van der Waals surface area contributed by atoms with Crippen LogP contribution in [-0.2, 0) is 20.9 Å². The summed E-state index contributed by atoms with van der Waals surface area (Å²) in [6.45, 7) is 0.380. The van der Waals surface area contributed by atoms with Gasteiger partial charge in [-0.2, -0.15) is 0 Å². The van der Waals surface area contributed by atoms with Crippen LogP contribution in [0.4, 0.5) is 5.69 Å². The van der Waals surface area contributed by atoms with E-state index >= 15 is 0 Å². The molecule has 1 heterocycles. The van der Waals surface area contributed by atoms with E-state index in [0.717, 1.165) is 11.3 Å². The number of amides is 1. The maximum atomic E-state index is 12.2. The summed E-state index contributed by atoms with van der Waals surface area (Å²) >= 11 is 0. The largest absolute Gasteiger partial charge is 0.508 e. The van der Waals surface area contributed by atoms with Gasteiger partial charge in [-0.25, -0.2) is 0 Å². The van der Waals surface area contributed by atoms with Gasteiger partial charge in [-0.05, 0) is 29.8 Å². The molecule has 0 spiro atoms. The fourth-order valence-electron chi connectivity index (χ4n) is 1.97. The van der Waals surface area contributed by atoms with Crippen molar-refractivity contribution in [3.05, 3.63) is 35.5 Å². The second-order valence-electron chi connectivity index (χ2n) is 4.53. The number of nitrogens with one attached hydrogen (secondary N) is 1. The number of benzene rings is 1. The third-order valence-corrected chi connectivity index (χ3v) is 3.04. The van der Waals surface area contributed by atoms with Crippen molar-refractivity contribution < 1.29 is 19.4 Å². The van der Waals surface area contributed by atoms with Gasteiger partial charge in [0.25, 0.3) is 5.91 Å². The van der Waals surface area contributed by atoms with Crippen molar-refractivity contribution in [2.45, 2.75) is 13.0 Å². The molecule has 0 saturated carbocycles. The first-order chi connectivity index (χ1) is 9.51. The fraction of sp³-hybridized carbons (Fsp3) is 0.286. The highest BCUT2D eigenvalue weighted by molar-refractivity contribution is 5.98. The number of aromatic hydroxyl groups is 1. The number of hydrogen-bond donors (Lipinski definition) is 2. The molecule has 1 aliphatic rings. The predicted octanol–water partition coefficient (Wildman–Crippen LogP) is 1.22. The molecule has 0 fully saturated rings. The molecular formula is C14H16N2O4. The van der Waals surface area contributed by atoms with Crippen LogP contribution in [0.15, 0.2) is 30.0 Å². The van der Waals surface area contributed by atoms with Crippen molar-refractivity contribution in [1.82, 2.24) is 4.90 Å². The highest BCUT2D eigenvalue weighted by Gasteiger charge is 2.22. The second kappa shape index (κ2) is 5.64. The van der Waals surface area contributed by atoms with E-state index in [1.54, 1.807) is 25.2 Å². The van der Waals surface area contributed by atoms with Crippen LogP contribution in [0.3, 0.4) is 0 Å². The maximum Gasteiger partial charge on any atom is 0.309 e. The summed E-state index contributed by atoms with van der Waals surface area (Å²) in [7, 11) is 2.96. The van der Waals surface area contributed by atoms with Crippen LogP contribution in [-0.4, -0.2) is 36.0 Å². The molecule has 1 aromatic rings. The zero-order valence-corrected chi connectivity index (χ0v) is 11.3. The monoisotopic (exact) mass is 276 g/mol. The molecule has 6 nitrogen and oxygen atoms in total. The lowest BCUT2D eigenvalue weighted by molar-refractivity contribution is -0.139. The van der Waals surface area contributed by atoms with Crippen LogP contribution in [0.25, 0.3) is 0 Å². The summed E-state index contributed by atoms with van der Waals surface area (Å²) in [5, 5.41) is 12.5. The van der Waals surface area contributed by atoms with E-state index in [1.807, 2.05) is 0 Å². The van der Waals surface area contributed by atoms with Crippen LogP contribution >= 0.6 is 0 Å². The van der Waals surface area contributed by atoms with Gasteiger partial charge >= 0.3 is 5.97 Å². The molecule has 0 atom stereocenters. The van der Waals surface area contributed by atoms with E-state index in [9.17, 15) is 14.7 Å². The zero-order chi connectivity index (χ0) is 14.7. The molecule has 0 bridgehead atoms. The van der Waals surface area contributed by atoms with E-state index in [4.69, 9.17) is 0 Å². The number of carbonyl (C=O) groups excluding carboxylic acids is 2. The number of methoxy groups -OCH3 is 1. The van der Waals surface area contributed by atoms with Crippen molar-refractivity contribution in [3.8, 4) is 5.75 Å². The zero-order valence-electron chi connectivity index (χ0n) is 11.3. The summed E-state index contributed by atoms with van der Waals surface area (Å²) in [5.41, 5.74) is 1.86. The maximum absolute atomic E-state index is 12.2. The minimum atomic E-state index is -0.412. The average Bonchev–Trinajstić information content (AvgIpc) is 2.54. The molecule has 2 rings (SSSR count). The van der Waals surface area contributed by atoms with E-state index in [0.29, 0.717) is 12.2 Å². The molecule has 0 unspecified atom stereocenters. The first-order valence-electron chi connectivity index (χ1n) is 6.12. The number of fused-ring (bicyclic) bond motifs is 1. The SMILES string of the molecule is COC(=O)CC=C1Nc2ccc(O)cc2CN(C)C1=O. The molecule has 1 aromatic carbocycles. The molecule has 6 heteroatoms. The lowest BCUT2D eigenvalue weighted by Gasteiger charge is -2.14. The van der Waals surface area contributed by atoms with Crippen molar-refractivity contribution >= 4 is 17.6 Å². The van der Waals surface area contributed by atoms with Crippen LogP contribution in [0.5, 0.6) is 5.75 Å². The quantitative estimate of drug-likeness (QED) is 0.482. The fourth-order valence-corrected chi connectivity index (χ4v) is 1.97. The van der Waals surface area contributed by atoms with E-state index in [-0.39, 0.29) is 18.1 Å². The third-order valence-electron chi connectivity index (χ3n) is 3.04. The Labute approximate surface area is 116 Å². The van der Waals surface area contributed by atoms with Crippen LogP contribution in [0.2, 0.25) is 0 Å². The second-order valence-corrected chi connectivity index (χ2v) is 4.53. The van der Waals surface area contributed by atoms with Crippen molar-refractivity contribution in [1.29, 1.82) is 0 Å². The third kappa shape index (κ3) is 2.90. The van der Waals surface area contributed by atoms with Gasteiger partial charge in [0.05, 0.1) is 13.5 Å². The number of carbonyl (C=O) groups is 2. The molecule has 106 valence electrons. The van der Waals surface area contributed by atoms with Gasteiger partial charge in [0, 0.05) is 19.3 Å². The molecule has 1 aliphatic heterocycles. The van der Waals surface area contributed by atoms with Crippen molar-refractivity contribution in [2.75, 3.05) is 19.5 Å². The standard InChI is InChI=1S/C14H16N2O4/c1-16-8-9-7-10(17)3-4-11(9)15-12(14(16)19)5-6-13(18)20-2/h3-5,7,15,17H,6,8H2,1-2H3. The molecular weight excluding hydrogens is 260 g/mol. The number of phenols is 1. The number of hydrogen-bond acceptors (Lipinski definition) is 5. The Morgan fingerprint density at radius 3 is 3.00 bits per heavy atom. The van der Waals surface area contributed by atoms with Gasteiger partial charge in [-0.3, -0.25) is 9.59 Å². The molecule has 0 saturated heterocycles. The summed E-state index contributed by atoms with van der Waals surface area (Å²) in [4.78, 5) is 24.9. The Kier molecular flexibility index (Phi) is 3.93. The first-order valence-corrected chi connectivity index (χ1v) is 6.12. The predicted molar refractivity (Wildman–Crippen MR) is 72.9 cm³/mol. The summed E-state index contributed by atoms with van der Waals surface area (Å²) in [6, 6.07) is 4.85. The summed E-state index contributed by atoms with van der Waals surface area (Å²) in [6.07, 6.45) is 1.53. The smallest absolute Gasteiger partial charge is 0.309 e. The van der Waals surface area contributed by atoms with Gasteiger partial charge in [0.15, 0.2) is 0 Å². The highest BCUT2D eigenvalue weighted by Crippen LogP contribution is 2.27. The van der Waals surface area contributed by atoms with Crippen LogP contribution < -0.4 is 5.32 Å². The van der Waals surface area contributed by atoms with E-state index in [2.05, 4.69) is 10.1 Å². The normalized spacial score (nSPS) is 16.4. The molecule has 1 amide bonds. The molecule has 0 radical (unpaired) electrons. The minimum Gasteiger partial charge on any atom is -0.508 e. The molecule has 2 N–H and O–H groups in total. The Hall–Kier alpha value is -2.50. The van der Waals surface area contributed by atoms with Gasteiger partial charge in [0.2, 0.25) is 0 Å². The van der Waals surface area contributed by atoms with Gasteiger partial charge < -0.3 is 20.1 Å². The first kappa shape index (κ1) is 13.9. The lowest BCUT2D eigenvalue weighted by atomic mass is 10.1. The number of esters is 1. The number of likely N-dealkylation sites (N-methyl/N-ethyl adjacent to an activating group) is 1. The van der Waals surface area contributed by atoms with E-state index < -0.39 is 5.97 Å². The number of phenolic OH excluding ortho intramolecular Hbond substituents is 1. The molecule has 0 aliphatic carbocycles. The Morgan fingerprint density at radius 2 is 2.30 bits per heavy atom. The number of rotatable bonds is 2. The summed E-state index contributed by atoms with van der Waals surface area (Å²) in [5.74, 6) is -0.483. The average molecular weight is 276 g/mol. The Bertz CT molecular complexity index is 581. The Morgan fingerprint density at radius 1 is 1.55 bits per heavy atom.